The number of benzene rings is 1. The van der Waals surface area contributed by atoms with Crippen LogP contribution in [-0.4, -0.2) is 46.3 Å². The summed E-state index contributed by atoms with van der Waals surface area (Å²) in [5.74, 6) is -4.28. The smallest absolute Gasteiger partial charge is 0.389 e. The van der Waals surface area contributed by atoms with Gasteiger partial charge in [0.05, 0.1) is 40.9 Å². The Hall–Kier alpha value is -3.36. The molecule has 1 aromatic carbocycles. The third-order valence-corrected chi connectivity index (χ3v) is 7.62. The molecule has 2 aromatic heterocycles. The normalized spacial score (nSPS) is 21.4. The van der Waals surface area contributed by atoms with Gasteiger partial charge in [0.1, 0.15) is 21.6 Å². The number of carbonyl (C=O) groups is 1. The minimum Gasteiger partial charge on any atom is -0.389 e. The summed E-state index contributed by atoms with van der Waals surface area (Å²) in [5, 5.41) is 12.7. The summed E-state index contributed by atoms with van der Waals surface area (Å²) in [7, 11) is 0. The number of hydrogen-bond acceptors (Lipinski definition) is 8. The molecule has 202 valence electrons. The predicted octanol–water partition coefficient (Wildman–Crippen LogP) is 4.01. The molecule has 38 heavy (non-hydrogen) atoms. The van der Waals surface area contributed by atoms with E-state index in [4.69, 9.17) is 11.5 Å². The number of hydrogen-bond donors (Lipinski definition) is 4. The van der Waals surface area contributed by atoms with Crippen LogP contribution < -0.4 is 21.7 Å². The van der Waals surface area contributed by atoms with Crippen molar-refractivity contribution in [3.63, 3.8) is 0 Å². The van der Waals surface area contributed by atoms with Gasteiger partial charge in [0.2, 0.25) is 0 Å². The van der Waals surface area contributed by atoms with Gasteiger partial charge in [-0.05, 0) is 31.4 Å². The average Bonchev–Trinajstić information content (AvgIpc) is 3.40. The molecule has 1 aliphatic carbocycles. The van der Waals surface area contributed by atoms with Gasteiger partial charge in [-0.25, -0.2) is 13.8 Å². The van der Waals surface area contributed by atoms with Crippen LogP contribution in [0.2, 0.25) is 0 Å². The van der Waals surface area contributed by atoms with Gasteiger partial charge in [-0.2, -0.15) is 13.2 Å². The topological polar surface area (TPSA) is 130 Å². The molecule has 1 amide bonds. The number of alkyl halides is 3. The predicted molar refractivity (Wildman–Crippen MR) is 132 cm³/mol. The van der Waals surface area contributed by atoms with Crippen LogP contribution >= 0.6 is 11.3 Å². The molecule has 3 aromatic rings. The van der Waals surface area contributed by atoms with Crippen molar-refractivity contribution in [1.29, 1.82) is 0 Å². The number of carbonyl (C=O) groups excluding carboxylic acids is 1. The summed E-state index contributed by atoms with van der Waals surface area (Å²) in [6.07, 6.45) is -3.68. The van der Waals surface area contributed by atoms with Crippen LogP contribution in [0.5, 0.6) is 0 Å². The highest BCUT2D eigenvalue weighted by Crippen LogP contribution is 2.43. The van der Waals surface area contributed by atoms with Crippen LogP contribution in [0.3, 0.4) is 0 Å². The summed E-state index contributed by atoms with van der Waals surface area (Å²) < 4.78 is 69.4. The highest BCUT2D eigenvalue weighted by Gasteiger charge is 2.45. The molecule has 1 saturated heterocycles. The molecule has 5 rings (SSSR count). The number of nitrogen functional groups attached to an aromatic ring is 1. The number of rotatable bonds is 4. The SMILES string of the molecule is Nc1sc(-c2c(F)cccc2F)nc1C(=O)Nc1cnc2c(c1N1C[C@@H](N)C[C@@H](C(F)(F)F)C1)CC[C@H]2O. The van der Waals surface area contributed by atoms with Gasteiger partial charge in [0, 0.05) is 24.7 Å². The van der Waals surface area contributed by atoms with Crippen molar-refractivity contribution >= 4 is 33.6 Å². The number of anilines is 3. The fourth-order valence-corrected chi connectivity index (χ4v) is 5.88. The van der Waals surface area contributed by atoms with Crippen LogP contribution in [0.25, 0.3) is 10.6 Å². The Kier molecular flexibility index (Phi) is 6.73. The van der Waals surface area contributed by atoms with Gasteiger partial charge in [-0.15, -0.1) is 0 Å². The van der Waals surface area contributed by atoms with Gasteiger partial charge in [0.25, 0.3) is 5.91 Å². The van der Waals surface area contributed by atoms with Gasteiger partial charge in [-0.3, -0.25) is 9.78 Å². The molecule has 14 heteroatoms. The van der Waals surface area contributed by atoms with Crippen molar-refractivity contribution in [1.82, 2.24) is 9.97 Å². The highest BCUT2D eigenvalue weighted by molar-refractivity contribution is 7.19. The molecule has 0 radical (unpaired) electrons. The summed E-state index contributed by atoms with van der Waals surface area (Å²) in [6, 6.07) is 2.50. The Morgan fingerprint density at radius 3 is 2.61 bits per heavy atom. The van der Waals surface area contributed by atoms with Crippen molar-refractivity contribution in [2.24, 2.45) is 11.7 Å². The quantitative estimate of drug-likeness (QED) is 0.359. The number of pyridine rings is 1. The molecule has 0 bridgehead atoms. The monoisotopic (exact) mass is 554 g/mol. The van der Waals surface area contributed by atoms with E-state index in [2.05, 4.69) is 15.3 Å². The third-order valence-electron chi connectivity index (χ3n) is 6.72. The van der Waals surface area contributed by atoms with Crippen molar-refractivity contribution < 1.29 is 31.9 Å². The first-order valence-corrected chi connectivity index (χ1v) is 12.5. The van der Waals surface area contributed by atoms with E-state index in [1.807, 2.05) is 0 Å². The van der Waals surface area contributed by atoms with Gasteiger partial charge in [-0.1, -0.05) is 17.4 Å². The number of piperidine rings is 1. The van der Waals surface area contributed by atoms with Gasteiger partial charge in [0.15, 0.2) is 5.69 Å². The van der Waals surface area contributed by atoms with E-state index in [0.29, 0.717) is 41.1 Å². The average molecular weight is 555 g/mol. The molecular weight excluding hydrogens is 531 g/mol. The number of thiazole rings is 1. The van der Waals surface area contributed by atoms with Crippen LogP contribution in [0.1, 0.15) is 40.7 Å². The van der Waals surface area contributed by atoms with Crippen molar-refractivity contribution in [2.75, 3.05) is 29.0 Å². The van der Waals surface area contributed by atoms with Crippen LogP contribution in [0.15, 0.2) is 24.4 Å². The number of aliphatic hydroxyl groups is 1. The number of nitrogens with two attached hydrogens (primary N) is 2. The molecule has 6 N–H and O–H groups in total. The van der Waals surface area contributed by atoms with E-state index < -0.39 is 47.3 Å². The number of nitrogens with zero attached hydrogens (tertiary/aromatic N) is 3. The Labute approximate surface area is 217 Å². The zero-order valence-corrected chi connectivity index (χ0v) is 20.5. The molecule has 2 aliphatic rings. The fraction of sp³-hybridized carbons (Fsp3) is 0.375. The second-order valence-electron chi connectivity index (χ2n) is 9.36. The molecule has 1 fully saturated rings. The van der Waals surface area contributed by atoms with Crippen molar-refractivity contribution in [2.45, 2.75) is 37.6 Å². The van der Waals surface area contributed by atoms with E-state index in [9.17, 15) is 31.9 Å². The Balaban J connectivity index is 1.51. The summed E-state index contributed by atoms with van der Waals surface area (Å²) in [5.41, 5.74) is 12.4. The fourth-order valence-electron chi connectivity index (χ4n) is 5.00. The van der Waals surface area contributed by atoms with Crippen LogP contribution in [-0.2, 0) is 6.42 Å². The third kappa shape index (κ3) is 4.78. The first-order valence-electron chi connectivity index (χ1n) is 11.7. The minimum atomic E-state index is -4.47. The molecule has 8 nitrogen and oxygen atoms in total. The zero-order chi connectivity index (χ0) is 27.4. The first kappa shape index (κ1) is 26.3. The van der Waals surface area contributed by atoms with Gasteiger partial charge >= 0.3 is 6.18 Å². The lowest BCUT2D eigenvalue weighted by Crippen LogP contribution is -2.51. The first-order chi connectivity index (χ1) is 17.9. The molecule has 3 heterocycles. The van der Waals surface area contributed by atoms with Gasteiger partial charge < -0.3 is 26.8 Å². The highest BCUT2D eigenvalue weighted by atomic mass is 32.1. The minimum absolute atomic E-state index is 0.0869. The number of aliphatic hydroxyl groups excluding tert-OH is 1. The Morgan fingerprint density at radius 1 is 1.21 bits per heavy atom. The summed E-state index contributed by atoms with van der Waals surface area (Å²) in [6.45, 7) is -0.292. The molecule has 1 aliphatic heterocycles. The molecule has 0 spiro atoms. The standard InChI is InChI=1S/C24H23F5N6O2S/c25-13-2-1-3-14(26)17(13)23-34-19(21(31)38-23)22(37)33-15-7-32-18-12(4-5-16(18)36)20(15)35-8-10(24(27,28)29)6-11(30)9-35/h1-3,7,10-11,16,36H,4-6,8-9,30-31H2,(H,33,37)/t10-,11+,16-/m1/s1. The maximum atomic E-state index is 14.3. The largest absolute Gasteiger partial charge is 0.393 e. The van der Waals surface area contributed by atoms with Crippen LogP contribution in [0.4, 0.5) is 38.3 Å². The lowest BCUT2D eigenvalue weighted by molar-refractivity contribution is -0.177. The van der Waals surface area contributed by atoms with E-state index in [-0.39, 0.29) is 40.9 Å². The summed E-state index contributed by atoms with van der Waals surface area (Å²) in [4.78, 5) is 22.9. The van der Waals surface area contributed by atoms with Crippen LogP contribution in [0, 0.1) is 17.6 Å². The molecule has 3 atom stereocenters. The number of amides is 1. The number of halogens is 5. The Bertz CT molecular complexity index is 1380. The van der Waals surface area contributed by atoms with Crippen molar-refractivity contribution in [3.05, 3.63) is 53.0 Å². The van der Waals surface area contributed by atoms with E-state index in [0.717, 1.165) is 12.1 Å². The second kappa shape index (κ2) is 9.75. The summed E-state index contributed by atoms with van der Waals surface area (Å²) >= 11 is 0.716. The van der Waals surface area contributed by atoms with E-state index in [1.54, 1.807) is 0 Å². The zero-order valence-electron chi connectivity index (χ0n) is 19.7. The number of nitrogens with one attached hydrogen (secondary N) is 1. The molecule has 0 unspecified atom stereocenters. The molecular formula is C24H23F5N6O2S. The number of fused-ring (bicyclic) bond motifs is 1. The van der Waals surface area contributed by atoms with E-state index in [1.165, 1.54) is 17.2 Å². The number of aromatic nitrogens is 2. The maximum absolute atomic E-state index is 14.3. The lowest BCUT2D eigenvalue weighted by Gasteiger charge is -2.40. The second-order valence-corrected chi connectivity index (χ2v) is 10.4. The Morgan fingerprint density at radius 2 is 1.92 bits per heavy atom. The lowest BCUT2D eigenvalue weighted by atomic mass is 9.93. The maximum Gasteiger partial charge on any atom is 0.393 e. The van der Waals surface area contributed by atoms with Crippen molar-refractivity contribution in [3.8, 4) is 10.6 Å². The molecule has 0 saturated carbocycles. The van der Waals surface area contributed by atoms with E-state index >= 15 is 0 Å².